The molecule has 0 heterocycles. The van der Waals surface area contributed by atoms with Gasteiger partial charge < -0.3 is 0 Å². The molecule has 0 aromatic rings. The fourth-order valence-corrected chi connectivity index (χ4v) is 10.6. The summed E-state index contributed by atoms with van der Waals surface area (Å²) >= 11 is 3.03. The summed E-state index contributed by atoms with van der Waals surface area (Å²) in [5.74, 6) is 0. The van der Waals surface area contributed by atoms with Crippen molar-refractivity contribution in [3.8, 4) is 0 Å². The maximum atomic E-state index is 6.06. The summed E-state index contributed by atoms with van der Waals surface area (Å²) in [5, 5.41) is 0.123. The van der Waals surface area contributed by atoms with Crippen LogP contribution in [0.5, 0.6) is 0 Å². The molecule has 11 heavy (non-hydrogen) atoms. The molecule has 0 aliphatic heterocycles. The fourth-order valence-electron chi connectivity index (χ4n) is 1.35. The molecule has 0 saturated heterocycles. The van der Waals surface area contributed by atoms with Crippen LogP contribution in [0, 0.1) is 0 Å². The molecule has 0 nitrogen and oxygen atoms in total. The van der Waals surface area contributed by atoms with Gasteiger partial charge in [0.25, 0.3) is 0 Å². The van der Waals surface area contributed by atoms with Gasteiger partial charge >= 0.3 is 88.3 Å². The Bertz CT molecular complexity index is 133. The zero-order valence-corrected chi connectivity index (χ0v) is 11.3. The van der Waals surface area contributed by atoms with Crippen molar-refractivity contribution in [2.75, 3.05) is 0 Å². The summed E-state index contributed by atoms with van der Waals surface area (Å²) in [6, 6.07) is 0. The van der Waals surface area contributed by atoms with Crippen molar-refractivity contribution in [1.82, 2.24) is 0 Å². The van der Waals surface area contributed by atoms with Crippen molar-refractivity contribution in [3.05, 3.63) is 0 Å². The summed E-state index contributed by atoms with van der Waals surface area (Å²) in [5.41, 5.74) is 0. The van der Waals surface area contributed by atoms with E-state index in [2.05, 4.69) is 0 Å². The Labute approximate surface area is 87.5 Å². The first-order chi connectivity index (χ1) is 5.02. The Morgan fingerprint density at radius 3 is 1.91 bits per heavy atom. The predicted molar refractivity (Wildman–Crippen MR) is 55.2 cm³/mol. The molecule has 2 unspecified atom stereocenters. The van der Waals surface area contributed by atoms with Gasteiger partial charge in [0.2, 0.25) is 0 Å². The summed E-state index contributed by atoms with van der Waals surface area (Å²) in [7, 11) is 17.8. The summed E-state index contributed by atoms with van der Waals surface area (Å²) in [6.45, 7) is 0. The van der Waals surface area contributed by atoms with Crippen LogP contribution in [-0.4, -0.2) is 20.2 Å². The van der Waals surface area contributed by atoms with Crippen molar-refractivity contribution in [2.45, 2.75) is 35.0 Å². The van der Waals surface area contributed by atoms with Crippen molar-refractivity contribution >= 4 is 53.3 Å². The van der Waals surface area contributed by atoms with Gasteiger partial charge in [0.05, 0.1) is 0 Å². The summed E-state index contributed by atoms with van der Waals surface area (Å²) < 4.78 is 0.220. The molecule has 0 N–H and O–H groups in total. The zero-order chi connectivity index (χ0) is 8.48. The Kier molecular flexibility index (Phi) is 4.46. The van der Waals surface area contributed by atoms with Gasteiger partial charge in [-0.3, -0.25) is 0 Å². The van der Waals surface area contributed by atoms with E-state index in [1.54, 1.807) is 0 Å². The summed E-state index contributed by atoms with van der Waals surface area (Å²) in [6.07, 6.45) is 4.40. The van der Waals surface area contributed by atoms with Gasteiger partial charge in [-0.1, -0.05) is 0 Å². The molecule has 0 radical (unpaired) electrons. The van der Waals surface area contributed by atoms with Gasteiger partial charge in [0.1, 0.15) is 0 Å². The van der Waals surface area contributed by atoms with Crippen LogP contribution >= 0.6 is 38.5 Å². The van der Waals surface area contributed by atoms with E-state index in [1.165, 1.54) is 12.8 Å². The standard InChI is InChI=1S/C6H10Cl4Te/c7-5-3-1-2-4-6(5)11(8,9)10/h5-6H,1-4H2. The predicted octanol–water partition coefficient (Wildman–Crippen LogP) is 4.19. The van der Waals surface area contributed by atoms with E-state index >= 15 is 0 Å². The second kappa shape index (κ2) is 4.45. The molecule has 68 valence electrons. The van der Waals surface area contributed by atoms with Gasteiger partial charge in [0, 0.05) is 0 Å². The van der Waals surface area contributed by atoms with Crippen molar-refractivity contribution in [2.24, 2.45) is 0 Å². The molecule has 5 heteroatoms. The molecule has 0 aromatic carbocycles. The van der Waals surface area contributed by atoms with E-state index in [0.29, 0.717) is 0 Å². The molecule has 0 aromatic heterocycles. The second-order valence-electron chi connectivity index (χ2n) is 2.78. The van der Waals surface area contributed by atoms with Gasteiger partial charge in [-0.05, 0) is 0 Å². The normalized spacial score (nSPS) is 35.3. The third kappa shape index (κ3) is 3.29. The van der Waals surface area contributed by atoms with Gasteiger partial charge in [0.15, 0.2) is 0 Å². The topological polar surface area (TPSA) is 0 Å². The SMILES string of the molecule is ClC1CCCCC1[Te](Cl)(Cl)Cl. The Balaban J connectivity index is 2.55. The zero-order valence-electron chi connectivity index (χ0n) is 5.90. The van der Waals surface area contributed by atoms with Crippen LogP contribution in [0.2, 0.25) is 3.97 Å². The van der Waals surface area contributed by atoms with E-state index < -0.39 is 14.8 Å². The molecule has 2 atom stereocenters. The third-order valence-electron chi connectivity index (χ3n) is 1.97. The van der Waals surface area contributed by atoms with Gasteiger partial charge in [-0.25, -0.2) is 0 Å². The minimum absolute atomic E-state index is 0.123. The van der Waals surface area contributed by atoms with E-state index in [9.17, 15) is 0 Å². The minimum atomic E-state index is -3.04. The molecule has 1 rings (SSSR count). The molecule has 0 amide bonds. The van der Waals surface area contributed by atoms with Crippen LogP contribution in [0.25, 0.3) is 0 Å². The average molecular weight is 352 g/mol. The molecular weight excluding hydrogens is 341 g/mol. The second-order valence-corrected chi connectivity index (χ2v) is 20.6. The van der Waals surface area contributed by atoms with E-state index in [4.69, 9.17) is 38.5 Å². The van der Waals surface area contributed by atoms with Crippen LogP contribution in [0.15, 0.2) is 0 Å². The Morgan fingerprint density at radius 2 is 1.55 bits per heavy atom. The molecule has 1 aliphatic rings. The van der Waals surface area contributed by atoms with E-state index in [1.807, 2.05) is 0 Å². The van der Waals surface area contributed by atoms with Crippen molar-refractivity contribution in [3.63, 3.8) is 0 Å². The number of rotatable bonds is 1. The molecular formula is C6H10Cl4Te. The quantitative estimate of drug-likeness (QED) is 0.491. The van der Waals surface area contributed by atoms with E-state index in [-0.39, 0.29) is 9.34 Å². The molecule has 0 bridgehead atoms. The number of halogens is 4. The van der Waals surface area contributed by atoms with Gasteiger partial charge in [-0.15, -0.1) is 0 Å². The Hall–Kier alpha value is 1.95. The van der Waals surface area contributed by atoms with Crippen LogP contribution in [0.1, 0.15) is 25.7 Å². The average Bonchev–Trinajstić information content (AvgIpc) is 1.86. The van der Waals surface area contributed by atoms with Gasteiger partial charge in [-0.2, -0.15) is 0 Å². The third-order valence-corrected chi connectivity index (χ3v) is 11.1. The monoisotopic (exact) mass is 352 g/mol. The number of hydrogen-bond acceptors (Lipinski definition) is 0. The van der Waals surface area contributed by atoms with Crippen LogP contribution in [-0.2, 0) is 0 Å². The maximum absolute atomic E-state index is 6.06. The van der Waals surface area contributed by atoms with Crippen molar-refractivity contribution in [1.29, 1.82) is 0 Å². The molecule has 0 spiro atoms. The molecule has 1 fully saturated rings. The van der Waals surface area contributed by atoms with Crippen molar-refractivity contribution < 1.29 is 0 Å². The van der Waals surface area contributed by atoms with Crippen LogP contribution in [0.4, 0.5) is 0 Å². The Morgan fingerprint density at radius 1 is 1.00 bits per heavy atom. The first kappa shape index (κ1) is 11.0. The molecule has 1 saturated carbocycles. The van der Waals surface area contributed by atoms with Crippen LogP contribution < -0.4 is 0 Å². The number of hydrogen-bond donors (Lipinski definition) is 0. The van der Waals surface area contributed by atoms with Crippen LogP contribution in [0.3, 0.4) is 0 Å². The fraction of sp³-hybridized carbons (Fsp3) is 1.00. The first-order valence-corrected chi connectivity index (χ1v) is 14.2. The number of alkyl halides is 1. The molecule has 1 aliphatic carbocycles. The summed E-state index contributed by atoms with van der Waals surface area (Å²) in [4.78, 5) is 0. The first-order valence-electron chi connectivity index (χ1n) is 3.57. The van der Waals surface area contributed by atoms with E-state index in [0.717, 1.165) is 12.8 Å².